The average molecular weight is 489 g/mol. The fourth-order valence-electron chi connectivity index (χ4n) is 5.00. The SMILES string of the molecule is Cc1cccc(-c2sc(C)nc2C(=O)N2CC3C[C@@H]3[C@H]2CNC(=O)Oc2noc3ccccc23)c1. The molecule has 178 valence electrons. The fraction of sp³-hybridized carbons (Fsp3) is 0.308. The Bertz CT molecular complexity index is 1440. The number of carbonyl (C=O) groups excluding carboxylic acids is 2. The van der Waals surface area contributed by atoms with Gasteiger partial charge in [0.15, 0.2) is 5.58 Å². The molecule has 2 aliphatic rings. The third-order valence-electron chi connectivity index (χ3n) is 6.77. The van der Waals surface area contributed by atoms with Crippen LogP contribution in [-0.4, -0.2) is 46.2 Å². The molecule has 1 aliphatic carbocycles. The number of nitrogens with one attached hydrogen (secondary N) is 1. The zero-order valence-corrected chi connectivity index (χ0v) is 20.2. The van der Waals surface area contributed by atoms with Crippen molar-refractivity contribution in [1.29, 1.82) is 0 Å². The number of piperidine rings is 1. The summed E-state index contributed by atoms with van der Waals surface area (Å²) in [5.41, 5.74) is 3.17. The van der Waals surface area contributed by atoms with E-state index in [0.717, 1.165) is 27.4 Å². The van der Waals surface area contributed by atoms with Gasteiger partial charge in [-0.25, -0.2) is 9.78 Å². The van der Waals surface area contributed by atoms with Crippen molar-refractivity contribution < 1.29 is 18.8 Å². The second-order valence-corrected chi connectivity index (χ2v) is 10.4. The van der Waals surface area contributed by atoms with Gasteiger partial charge in [-0.15, -0.1) is 11.3 Å². The molecule has 2 amide bonds. The second-order valence-electron chi connectivity index (χ2n) is 9.22. The minimum Gasteiger partial charge on any atom is -0.387 e. The molecule has 4 aromatic rings. The molecule has 1 saturated heterocycles. The van der Waals surface area contributed by atoms with Crippen molar-refractivity contribution in [2.75, 3.05) is 13.1 Å². The molecule has 1 aliphatic heterocycles. The summed E-state index contributed by atoms with van der Waals surface area (Å²) >= 11 is 1.53. The summed E-state index contributed by atoms with van der Waals surface area (Å²) in [6.07, 6.45) is 0.449. The summed E-state index contributed by atoms with van der Waals surface area (Å²) in [7, 11) is 0. The van der Waals surface area contributed by atoms with Gasteiger partial charge < -0.3 is 19.5 Å². The number of nitrogens with zero attached hydrogens (tertiary/aromatic N) is 3. The fourth-order valence-corrected chi connectivity index (χ4v) is 5.91. The number of aromatic nitrogens is 2. The maximum Gasteiger partial charge on any atom is 0.414 e. The van der Waals surface area contributed by atoms with Gasteiger partial charge in [-0.3, -0.25) is 4.79 Å². The molecule has 2 aromatic heterocycles. The number of benzene rings is 2. The molecule has 1 N–H and O–H groups in total. The van der Waals surface area contributed by atoms with Crippen LogP contribution in [0, 0.1) is 25.7 Å². The van der Waals surface area contributed by atoms with Gasteiger partial charge in [0.1, 0.15) is 5.69 Å². The lowest BCUT2D eigenvalue weighted by atomic mass is 10.1. The quantitative estimate of drug-likeness (QED) is 0.433. The van der Waals surface area contributed by atoms with Crippen LogP contribution in [0.15, 0.2) is 53.1 Å². The lowest BCUT2D eigenvalue weighted by molar-refractivity contribution is 0.0700. The van der Waals surface area contributed by atoms with Crippen LogP contribution in [0.4, 0.5) is 4.79 Å². The van der Waals surface area contributed by atoms with E-state index < -0.39 is 6.09 Å². The molecule has 3 heterocycles. The van der Waals surface area contributed by atoms with Gasteiger partial charge in [0, 0.05) is 13.1 Å². The van der Waals surface area contributed by atoms with Crippen LogP contribution >= 0.6 is 11.3 Å². The molecular formula is C26H24N4O4S. The van der Waals surface area contributed by atoms with E-state index in [1.165, 1.54) is 11.3 Å². The summed E-state index contributed by atoms with van der Waals surface area (Å²) in [6.45, 7) is 4.95. The molecule has 6 rings (SSSR count). The number of para-hydroxylation sites is 1. The number of hydrogen-bond acceptors (Lipinski definition) is 7. The smallest absolute Gasteiger partial charge is 0.387 e. The average Bonchev–Trinajstić information content (AvgIpc) is 3.16. The van der Waals surface area contributed by atoms with E-state index in [1.54, 1.807) is 12.1 Å². The molecule has 3 atom stereocenters. The first-order chi connectivity index (χ1) is 17.0. The van der Waals surface area contributed by atoms with Crippen LogP contribution in [0.5, 0.6) is 5.88 Å². The summed E-state index contributed by atoms with van der Waals surface area (Å²) in [6, 6.07) is 15.2. The molecule has 1 unspecified atom stereocenters. The van der Waals surface area contributed by atoms with Gasteiger partial charge >= 0.3 is 6.09 Å². The minimum absolute atomic E-state index is 0.0827. The Morgan fingerprint density at radius 3 is 2.91 bits per heavy atom. The van der Waals surface area contributed by atoms with Gasteiger partial charge in [0.25, 0.3) is 11.8 Å². The van der Waals surface area contributed by atoms with Crippen molar-refractivity contribution in [1.82, 2.24) is 20.4 Å². The number of thiazole rings is 1. The highest BCUT2D eigenvalue weighted by Gasteiger charge is 2.54. The Morgan fingerprint density at radius 1 is 1.20 bits per heavy atom. The summed E-state index contributed by atoms with van der Waals surface area (Å²) in [4.78, 5) is 33.6. The molecule has 0 spiro atoms. The van der Waals surface area contributed by atoms with E-state index in [4.69, 9.17) is 9.26 Å². The van der Waals surface area contributed by atoms with Crippen molar-refractivity contribution >= 4 is 34.3 Å². The van der Waals surface area contributed by atoms with E-state index in [0.29, 0.717) is 41.6 Å². The number of rotatable bonds is 5. The normalized spacial score (nSPS) is 20.6. The van der Waals surface area contributed by atoms with Crippen LogP contribution in [-0.2, 0) is 0 Å². The maximum absolute atomic E-state index is 13.7. The van der Waals surface area contributed by atoms with Crippen LogP contribution < -0.4 is 10.1 Å². The van der Waals surface area contributed by atoms with E-state index in [2.05, 4.69) is 21.5 Å². The number of amides is 2. The van der Waals surface area contributed by atoms with Crippen LogP contribution in [0.3, 0.4) is 0 Å². The van der Waals surface area contributed by atoms with Crippen molar-refractivity contribution in [2.45, 2.75) is 26.3 Å². The molecule has 0 bridgehead atoms. The second kappa shape index (κ2) is 8.49. The third-order valence-corrected chi connectivity index (χ3v) is 7.79. The first-order valence-corrected chi connectivity index (χ1v) is 12.4. The first kappa shape index (κ1) is 21.8. The summed E-state index contributed by atoms with van der Waals surface area (Å²) in [5.74, 6) is 0.904. The highest BCUT2D eigenvalue weighted by Crippen LogP contribution is 2.50. The van der Waals surface area contributed by atoms with Gasteiger partial charge in [0.2, 0.25) is 0 Å². The molecular weight excluding hydrogens is 464 g/mol. The van der Waals surface area contributed by atoms with Gasteiger partial charge in [-0.2, -0.15) is 0 Å². The molecule has 9 heteroatoms. The highest BCUT2D eigenvalue weighted by molar-refractivity contribution is 7.15. The predicted molar refractivity (Wildman–Crippen MR) is 131 cm³/mol. The van der Waals surface area contributed by atoms with Gasteiger partial charge in [0.05, 0.1) is 21.3 Å². The van der Waals surface area contributed by atoms with Crippen LogP contribution in [0.1, 0.15) is 27.5 Å². The first-order valence-electron chi connectivity index (χ1n) is 11.6. The lowest BCUT2D eigenvalue weighted by Gasteiger charge is -2.27. The Hall–Kier alpha value is -3.72. The standard InChI is InChI=1S/C26H24N4O4S/c1-14-6-5-7-16(10-14)23-22(28-15(2)35-23)25(31)30-13-17-11-19(17)20(30)12-27-26(32)33-24-18-8-3-4-9-21(18)34-29-24/h3-10,17,19-20H,11-13H2,1-2H3,(H,27,32)/t17?,19-,20+/m0/s1. The van der Waals surface area contributed by atoms with E-state index in [1.807, 2.05) is 49.1 Å². The zero-order chi connectivity index (χ0) is 24.1. The summed E-state index contributed by atoms with van der Waals surface area (Å²) < 4.78 is 10.6. The number of hydrogen-bond donors (Lipinski definition) is 1. The number of fused-ring (bicyclic) bond motifs is 2. The Balaban J connectivity index is 1.17. The van der Waals surface area contributed by atoms with Crippen LogP contribution in [0.25, 0.3) is 21.4 Å². The minimum atomic E-state index is -0.620. The van der Waals surface area contributed by atoms with E-state index in [-0.39, 0.29) is 17.8 Å². The molecule has 2 aromatic carbocycles. The molecule has 8 nitrogen and oxygen atoms in total. The van der Waals surface area contributed by atoms with Crippen LogP contribution in [0.2, 0.25) is 0 Å². The monoisotopic (exact) mass is 488 g/mol. The van der Waals surface area contributed by atoms with E-state index >= 15 is 0 Å². The van der Waals surface area contributed by atoms with Crippen molar-refractivity contribution in [3.63, 3.8) is 0 Å². The van der Waals surface area contributed by atoms with Gasteiger partial charge in [-0.1, -0.05) is 42.0 Å². The molecule has 0 radical (unpaired) electrons. The van der Waals surface area contributed by atoms with Crippen molar-refractivity contribution in [3.8, 4) is 16.3 Å². The summed E-state index contributed by atoms with van der Waals surface area (Å²) in [5, 5.41) is 8.15. The number of ether oxygens (including phenoxy) is 1. The zero-order valence-electron chi connectivity index (χ0n) is 19.4. The molecule has 1 saturated carbocycles. The number of carbonyl (C=O) groups is 2. The number of aryl methyl sites for hydroxylation is 2. The van der Waals surface area contributed by atoms with Gasteiger partial charge in [-0.05, 0) is 55.0 Å². The largest absolute Gasteiger partial charge is 0.414 e. The van der Waals surface area contributed by atoms with Crippen molar-refractivity contribution in [2.24, 2.45) is 11.8 Å². The highest BCUT2D eigenvalue weighted by atomic mass is 32.1. The third kappa shape index (κ3) is 4.05. The predicted octanol–water partition coefficient (Wildman–Crippen LogP) is 4.82. The Kier molecular flexibility index (Phi) is 5.29. The molecule has 2 fully saturated rings. The lowest BCUT2D eigenvalue weighted by Crippen LogP contribution is -2.46. The Labute approximate surface area is 205 Å². The molecule has 35 heavy (non-hydrogen) atoms. The van der Waals surface area contributed by atoms with E-state index in [9.17, 15) is 9.59 Å². The van der Waals surface area contributed by atoms with Crippen molar-refractivity contribution in [3.05, 3.63) is 64.8 Å². The Morgan fingerprint density at radius 2 is 2.06 bits per heavy atom. The topological polar surface area (TPSA) is 97.6 Å². The number of likely N-dealkylation sites (tertiary alicyclic amines) is 1. The maximum atomic E-state index is 13.7.